The fraction of sp³-hybridized carbons (Fsp3) is 0.500. The van der Waals surface area contributed by atoms with Crippen LogP contribution in [0, 0.1) is 11.5 Å². The minimum Gasteiger partial charge on any atom is -0.478 e. The second kappa shape index (κ2) is 6.95. The summed E-state index contributed by atoms with van der Waals surface area (Å²) in [5, 5.41) is 8.92. The lowest BCUT2D eigenvalue weighted by molar-refractivity contribution is 0.0697. The Bertz CT molecular complexity index is 523. The van der Waals surface area contributed by atoms with Crippen molar-refractivity contribution in [3.8, 4) is 11.5 Å². The maximum atomic E-state index is 10.9. The van der Waals surface area contributed by atoms with E-state index in [4.69, 9.17) is 5.11 Å². The Morgan fingerprint density at radius 1 is 0.952 bits per heavy atom. The highest BCUT2D eigenvalue weighted by Crippen LogP contribution is 2.40. The molecular weight excluding hydrogens is 276 g/mol. The third-order valence-corrected chi connectivity index (χ3v) is 10.7. The van der Waals surface area contributed by atoms with Crippen LogP contribution in [0.4, 0.5) is 0 Å². The third-order valence-electron chi connectivity index (χ3n) is 4.42. The van der Waals surface area contributed by atoms with Crippen LogP contribution in [0.5, 0.6) is 0 Å². The highest BCUT2D eigenvalue weighted by atomic mass is 28.3. The summed E-state index contributed by atoms with van der Waals surface area (Å²) in [6.07, 6.45) is 0. The van der Waals surface area contributed by atoms with Crippen molar-refractivity contribution < 1.29 is 9.90 Å². The first-order valence-electron chi connectivity index (χ1n) is 7.58. The number of hydrogen-bond acceptors (Lipinski definition) is 1. The minimum absolute atomic E-state index is 0.306. The van der Waals surface area contributed by atoms with Gasteiger partial charge in [-0.1, -0.05) is 47.5 Å². The number of hydrogen-bond donors (Lipinski definition) is 1. The highest BCUT2D eigenvalue weighted by Gasteiger charge is 2.41. The van der Waals surface area contributed by atoms with E-state index in [2.05, 4.69) is 53.0 Å². The van der Waals surface area contributed by atoms with Crippen LogP contribution in [-0.2, 0) is 0 Å². The molecule has 0 atom stereocenters. The summed E-state index contributed by atoms with van der Waals surface area (Å²) in [6.45, 7) is 13.7. The Kier molecular flexibility index (Phi) is 5.80. The Labute approximate surface area is 129 Å². The average Bonchev–Trinajstić information content (AvgIpc) is 2.38. The Hall–Kier alpha value is -1.53. The zero-order valence-corrected chi connectivity index (χ0v) is 14.9. The molecule has 21 heavy (non-hydrogen) atoms. The van der Waals surface area contributed by atoms with Crippen molar-refractivity contribution in [1.29, 1.82) is 0 Å². The normalized spacial score (nSPS) is 11.7. The van der Waals surface area contributed by atoms with Gasteiger partial charge in [-0.05, 0) is 40.9 Å². The molecule has 1 aromatic rings. The standard InChI is InChI=1S/C18H26O2Si/c1-13(2)21(14(3)4,15(5)6)12-11-16-7-9-17(10-8-16)18(19)20/h7-10,13-15H,1-6H3,(H,19,20). The lowest BCUT2D eigenvalue weighted by Gasteiger charge is -2.38. The molecule has 3 heteroatoms. The van der Waals surface area contributed by atoms with Gasteiger partial charge in [0, 0.05) is 5.56 Å². The molecule has 1 aromatic carbocycles. The number of benzene rings is 1. The van der Waals surface area contributed by atoms with Crippen molar-refractivity contribution in [2.75, 3.05) is 0 Å². The fourth-order valence-electron chi connectivity index (χ4n) is 3.31. The minimum atomic E-state index is -1.72. The van der Waals surface area contributed by atoms with E-state index in [1.807, 2.05) is 0 Å². The van der Waals surface area contributed by atoms with Gasteiger partial charge < -0.3 is 5.11 Å². The molecule has 0 amide bonds. The lowest BCUT2D eigenvalue weighted by Crippen LogP contribution is -2.43. The van der Waals surface area contributed by atoms with Gasteiger partial charge >= 0.3 is 5.97 Å². The molecule has 0 aliphatic rings. The van der Waals surface area contributed by atoms with E-state index in [9.17, 15) is 4.79 Å². The highest BCUT2D eigenvalue weighted by molar-refractivity contribution is 6.90. The van der Waals surface area contributed by atoms with Crippen LogP contribution >= 0.6 is 0 Å². The van der Waals surface area contributed by atoms with Crippen LogP contribution in [-0.4, -0.2) is 19.1 Å². The topological polar surface area (TPSA) is 37.3 Å². The van der Waals surface area contributed by atoms with Gasteiger partial charge in [0.05, 0.1) is 5.56 Å². The van der Waals surface area contributed by atoms with E-state index in [1.54, 1.807) is 24.3 Å². The maximum absolute atomic E-state index is 10.9. The summed E-state index contributed by atoms with van der Waals surface area (Å²) in [6, 6.07) is 6.85. The van der Waals surface area contributed by atoms with Gasteiger partial charge in [-0.25, -0.2) is 4.79 Å². The molecule has 0 fully saturated rings. The first-order valence-corrected chi connectivity index (χ1v) is 9.81. The van der Waals surface area contributed by atoms with Crippen LogP contribution in [0.3, 0.4) is 0 Å². The SMILES string of the molecule is CC(C)[Si](C#Cc1ccc(C(=O)O)cc1)(C(C)C)C(C)C. The number of rotatable bonds is 4. The molecule has 0 aliphatic heterocycles. The zero-order chi connectivity index (χ0) is 16.2. The monoisotopic (exact) mass is 302 g/mol. The molecule has 0 saturated carbocycles. The number of carbonyl (C=O) groups is 1. The summed E-state index contributed by atoms with van der Waals surface area (Å²) in [5.74, 6) is 2.42. The molecule has 0 aliphatic carbocycles. The van der Waals surface area contributed by atoms with Gasteiger partial charge in [0.15, 0.2) is 0 Å². The smallest absolute Gasteiger partial charge is 0.335 e. The molecule has 1 N–H and O–H groups in total. The summed E-state index contributed by atoms with van der Waals surface area (Å²) in [5.41, 5.74) is 6.65. The molecule has 2 nitrogen and oxygen atoms in total. The van der Waals surface area contributed by atoms with E-state index in [-0.39, 0.29) is 0 Å². The lowest BCUT2D eigenvalue weighted by atomic mass is 10.1. The quantitative estimate of drug-likeness (QED) is 0.631. The van der Waals surface area contributed by atoms with Gasteiger partial charge in [-0.2, -0.15) is 0 Å². The van der Waals surface area contributed by atoms with Crippen molar-refractivity contribution in [1.82, 2.24) is 0 Å². The molecule has 0 spiro atoms. The second-order valence-corrected chi connectivity index (χ2v) is 12.1. The third kappa shape index (κ3) is 3.77. The average molecular weight is 302 g/mol. The summed E-state index contributed by atoms with van der Waals surface area (Å²) >= 11 is 0. The van der Waals surface area contributed by atoms with Gasteiger partial charge in [-0.3, -0.25) is 0 Å². The fourth-order valence-corrected chi connectivity index (χ4v) is 8.54. The molecule has 114 valence electrons. The van der Waals surface area contributed by atoms with Gasteiger partial charge in [-0.15, -0.1) is 5.54 Å². The predicted octanol–water partition coefficient (Wildman–Crippen LogP) is 4.95. The summed E-state index contributed by atoms with van der Waals surface area (Å²) in [4.78, 5) is 10.9. The zero-order valence-electron chi connectivity index (χ0n) is 13.9. The van der Waals surface area contributed by atoms with Crippen LogP contribution in [0.1, 0.15) is 57.5 Å². The van der Waals surface area contributed by atoms with E-state index < -0.39 is 14.0 Å². The van der Waals surface area contributed by atoms with Crippen molar-refractivity contribution in [3.63, 3.8) is 0 Å². The van der Waals surface area contributed by atoms with Crippen molar-refractivity contribution in [2.24, 2.45) is 0 Å². The Morgan fingerprint density at radius 3 is 1.71 bits per heavy atom. The van der Waals surface area contributed by atoms with Gasteiger partial charge in [0.25, 0.3) is 0 Å². The molecular formula is C18H26O2Si. The van der Waals surface area contributed by atoms with Gasteiger partial charge in [0.1, 0.15) is 8.07 Å². The molecule has 0 heterocycles. The number of carboxylic acids is 1. The molecule has 0 radical (unpaired) electrons. The molecule has 1 rings (SSSR count). The van der Waals surface area contributed by atoms with Crippen molar-refractivity contribution in [2.45, 2.75) is 58.2 Å². The van der Waals surface area contributed by atoms with Crippen LogP contribution in [0.15, 0.2) is 24.3 Å². The molecule has 0 unspecified atom stereocenters. The van der Waals surface area contributed by atoms with E-state index in [0.717, 1.165) is 5.56 Å². The van der Waals surface area contributed by atoms with Crippen LogP contribution in [0.25, 0.3) is 0 Å². The van der Waals surface area contributed by atoms with Crippen LogP contribution < -0.4 is 0 Å². The molecule has 0 saturated heterocycles. The van der Waals surface area contributed by atoms with Crippen LogP contribution in [0.2, 0.25) is 16.6 Å². The van der Waals surface area contributed by atoms with Crippen molar-refractivity contribution in [3.05, 3.63) is 35.4 Å². The van der Waals surface area contributed by atoms with E-state index >= 15 is 0 Å². The Balaban J connectivity index is 3.19. The molecule has 0 aromatic heterocycles. The first-order chi connectivity index (χ1) is 9.71. The second-order valence-electron chi connectivity index (χ2n) is 6.53. The summed E-state index contributed by atoms with van der Waals surface area (Å²) in [7, 11) is -1.72. The maximum Gasteiger partial charge on any atom is 0.335 e. The molecule has 0 bridgehead atoms. The van der Waals surface area contributed by atoms with Gasteiger partial charge in [0.2, 0.25) is 0 Å². The first kappa shape index (κ1) is 17.5. The Morgan fingerprint density at radius 2 is 1.38 bits per heavy atom. The number of carboxylic acid groups (broad SMARTS) is 1. The largest absolute Gasteiger partial charge is 0.478 e. The van der Waals surface area contributed by atoms with E-state index in [1.165, 1.54) is 0 Å². The van der Waals surface area contributed by atoms with E-state index in [0.29, 0.717) is 22.2 Å². The summed E-state index contributed by atoms with van der Waals surface area (Å²) < 4.78 is 0. The predicted molar refractivity (Wildman–Crippen MR) is 91.3 cm³/mol. The van der Waals surface area contributed by atoms with Crippen molar-refractivity contribution >= 4 is 14.0 Å². The number of aromatic carboxylic acids is 1.